The molecule has 0 bridgehead atoms. The molecule has 0 aliphatic carbocycles. The van der Waals surface area contributed by atoms with Crippen LogP contribution < -0.4 is 9.80 Å². The first-order valence-corrected chi connectivity index (χ1v) is 11.3. The van der Waals surface area contributed by atoms with E-state index < -0.39 is 0 Å². The SMILES string of the molecule is CN(C)c1nc(Cc2c(Cl)cccc2Cl)nc(N(c2ccc(C#N)cc2)c2ccc(C#N)cc2)n1. The Kier molecular flexibility index (Phi) is 7.12. The summed E-state index contributed by atoms with van der Waals surface area (Å²) in [4.78, 5) is 17.7. The van der Waals surface area contributed by atoms with Gasteiger partial charge in [-0.15, -0.1) is 0 Å². The molecule has 0 saturated heterocycles. The average Bonchev–Trinajstić information content (AvgIpc) is 2.87. The number of nitrogens with zero attached hydrogens (tertiary/aromatic N) is 7. The second-order valence-electron chi connectivity index (χ2n) is 7.78. The van der Waals surface area contributed by atoms with Crippen molar-refractivity contribution in [1.29, 1.82) is 10.5 Å². The molecule has 0 atom stereocenters. The van der Waals surface area contributed by atoms with Gasteiger partial charge in [-0.05, 0) is 66.2 Å². The van der Waals surface area contributed by atoms with Crippen LogP contribution in [0.2, 0.25) is 10.0 Å². The van der Waals surface area contributed by atoms with Gasteiger partial charge < -0.3 is 4.90 Å². The molecule has 0 spiro atoms. The number of hydrogen-bond acceptors (Lipinski definition) is 7. The van der Waals surface area contributed by atoms with Crippen molar-refractivity contribution in [2.75, 3.05) is 23.9 Å². The predicted molar refractivity (Wildman–Crippen MR) is 138 cm³/mol. The summed E-state index contributed by atoms with van der Waals surface area (Å²) in [6, 6.07) is 23.8. The number of nitriles is 2. The largest absolute Gasteiger partial charge is 0.347 e. The summed E-state index contributed by atoms with van der Waals surface area (Å²) >= 11 is 12.8. The van der Waals surface area contributed by atoms with E-state index in [1.165, 1.54) is 0 Å². The van der Waals surface area contributed by atoms with Crippen LogP contribution in [-0.4, -0.2) is 29.0 Å². The van der Waals surface area contributed by atoms with Gasteiger partial charge in [-0.1, -0.05) is 29.3 Å². The molecule has 0 N–H and O–H groups in total. The van der Waals surface area contributed by atoms with E-state index in [9.17, 15) is 10.5 Å². The maximum Gasteiger partial charge on any atom is 0.239 e. The Balaban J connectivity index is 1.88. The monoisotopic (exact) mass is 499 g/mol. The highest BCUT2D eigenvalue weighted by Gasteiger charge is 2.20. The number of rotatable bonds is 6. The van der Waals surface area contributed by atoms with Crippen molar-refractivity contribution < 1.29 is 0 Å². The van der Waals surface area contributed by atoms with Crippen molar-refractivity contribution in [2.24, 2.45) is 0 Å². The maximum atomic E-state index is 9.22. The zero-order valence-corrected chi connectivity index (χ0v) is 20.5. The summed E-state index contributed by atoms with van der Waals surface area (Å²) < 4.78 is 0. The minimum Gasteiger partial charge on any atom is -0.347 e. The van der Waals surface area contributed by atoms with Gasteiger partial charge in [0.15, 0.2) is 0 Å². The van der Waals surface area contributed by atoms with Gasteiger partial charge in [-0.3, -0.25) is 4.90 Å². The van der Waals surface area contributed by atoms with Crippen LogP contribution >= 0.6 is 23.2 Å². The van der Waals surface area contributed by atoms with Crippen LogP contribution in [0.25, 0.3) is 0 Å². The fraction of sp³-hybridized carbons (Fsp3) is 0.115. The highest BCUT2D eigenvalue weighted by Crippen LogP contribution is 2.34. The fourth-order valence-electron chi connectivity index (χ4n) is 3.38. The summed E-state index contributed by atoms with van der Waals surface area (Å²) in [6.45, 7) is 0. The molecule has 172 valence electrons. The lowest BCUT2D eigenvalue weighted by Gasteiger charge is -2.24. The third kappa shape index (κ3) is 5.33. The van der Waals surface area contributed by atoms with Gasteiger partial charge in [0.25, 0.3) is 0 Å². The molecule has 0 unspecified atom stereocenters. The van der Waals surface area contributed by atoms with E-state index in [2.05, 4.69) is 17.1 Å². The van der Waals surface area contributed by atoms with Crippen LogP contribution in [-0.2, 0) is 6.42 Å². The molecule has 0 aliphatic heterocycles. The third-order valence-corrected chi connectivity index (χ3v) is 5.87. The van der Waals surface area contributed by atoms with Gasteiger partial charge >= 0.3 is 0 Å². The quantitative estimate of drug-likeness (QED) is 0.318. The molecular weight excluding hydrogens is 481 g/mol. The lowest BCUT2D eigenvalue weighted by molar-refractivity contribution is 0.875. The first-order valence-electron chi connectivity index (χ1n) is 10.5. The molecule has 35 heavy (non-hydrogen) atoms. The summed E-state index contributed by atoms with van der Waals surface area (Å²) in [5.74, 6) is 1.32. The molecule has 1 heterocycles. The minimum atomic E-state index is 0.309. The van der Waals surface area contributed by atoms with Crippen molar-refractivity contribution in [3.05, 3.63) is 99.3 Å². The second-order valence-corrected chi connectivity index (χ2v) is 8.59. The van der Waals surface area contributed by atoms with Gasteiger partial charge in [0.1, 0.15) is 5.82 Å². The van der Waals surface area contributed by atoms with E-state index in [4.69, 9.17) is 33.2 Å². The van der Waals surface area contributed by atoms with Crippen molar-refractivity contribution in [3.8, 4) is 12.1 Å². The van der Waals surface area contributed by atoms with Gasteiger partial charge in [-0.2, -0.15) is 25.5 Å². The van der Waals surface area contributed by atoms with E-state index in [1.54, 1.807) is 47.4 Å². The molecule has 0 fully saturated rings. The molecule has 0 amide bonds. The van der Waals surface area contributed by atoms with Crippen LogP contribution in [0.15, 0.2) is 66.7 Å². The van der Waals surface area contributed by atoms with Crippen LogP contribution in [0.3, 0.4) is 0 Å². The van der Waals surface area contributed by atoms with Crippen molar-refractivity contribution in [1.82, 2.24) is 15.0 Å². The lowest BCUT2D eigenvalue weighted by atomic mass is 10.1. The van der Waals surface area contributed by atoms with Gasteiger partial charge in [0.2, 0.25) is 11.9 Å². The molecule has 3 aromatic carbocycles. The lowest BCUT2D eigenvalue weighted by Crippen LogP contribution is -2.20. The Morgan fingerprint density at radius 3 is 1.66 bits per heavy atom. The Labute approximate surface area is 213 Å². The maximum absolute atomic E-state index is 9.22. The van der Waals surface area contributed by atoms with E-state index >= 15 is 0 Å². The second kappa shape index (κ2) is 10.4. The third-order valence-electron chi connectivity index (χ3n) is 5.16. The number of aromatic nitrogens is 3. The van der Waals surface area contributed by atoms with Crippen LogP contribution in [0.5, 0.6) is 0 Å². The summed E-state index contributed by atoms with van der Waals surface area (Å²) in [5, 5.41) is 19.5. The molecule has 0 aliphatic rings. The first-order chi connectivity index (χ1) is 16.9. The Morgan fingerprint density at radius 1 is 0.714 bits per heavy atom. The first kappa shape index (κ1) is 24.0. The van der Waals surface area contributed by atoms with Crippen LogP contribution in [0, 0.1) is 22.7 Å². The number of hydrogen-bond donors (Lipinski definition) is 0. The number of benzene rings is 3. The predicted octanol–water partition coefficient (Wildman–Crippen LogP) is 6.05. The molecule has 4 rings (SSSR count). The minimum absolute atomic E-state index is 0.309. The molecular formula is C26H19Cl2N7. The summed E-state index contributed by atoms with van der Waals surface area (Å²) in [6.07, 6.45) is 0.309. The number of anilines is 4. The molecule has 1 aromatic heterocycles. The Bertz CT molecular complexity index is 1360. The van der Waals surface area contributed by atoms with Gasteiger partial charge in [-0.25, -0.2) is 0 Å². The van der Waals surface area contributed by atoms with Crippen molar-refractivity contribution in [2.45, 2.75) is 6.42 Å². The zero-order chi connectivity index (χ0) is 24.9. The van der Waals surface area contributed by atoms with E-state index in [0.717, 1.165) is 16.9 Å². The van der Waals surface area contributed by atoms with Gasteiger partial charge in [0, 0.05) is 41.9 Å². The Morgan fingerprint density at radius 2 is 1.20 bits per heavy atom. The van der Waals surface area contributed by atoms with E-state index in [0.29, 0.717) is 45.3 Å². The van der Waals surface area contributed by atoms with E-state index in [-0.39, 0.29) is 0 Å². The summed E-state index contributed by atoms with van der Waals surface area (Å²) in [7, 11) is 3.69. The van der Waals surface area contributed by atoms with Crippen LogP contribution in [0.1, 0.15) is 22.5 Å². The van der Waals surface area contributed by atoms with Gasteiger partial charge in [0.05, 0.1) is 23.3 Å². The molecule has 9 heteroatoms. The van der Waals surface area contributed by atoms with Crippen LogP contribution in [0.4, 0.5) is 23.3 Å². The molecule has 7 nitrogen and oxygen atoms in total. The highest BCUT2D eigenvalue weighted by atomic mass is 35.5. The Hall–Kier alpha value is -4.17. The standard InChI is InChI=1S/C26H19Cl2N7/c1-34(2)25-31-24(14-21-22(27)4-3-5-23(21)28)32-26(33-25)35(19-10-6-17(15-29)7-11-19)20-12-8-18(16-30)9-13-20/h3-13H,14H2,1-2H3. The normalized spacial score (nSPS) is 10.3. The van der Waals surface area contributed by atoms with Crippen molar-refractivity contribution in [3.63, 3.8) is 0 Å². The highest BCUT2D eigenvalue weighted by molar-refractivity contribution is 6.36. The summed E-state index contributed by atoms with van der Waals surface area (Å²) in [5.41, 5.74) is 3.28. The smallest absolute Gasteiger partial charge is 0.239 e. The van der Waals surface area contributed by atoms with Crippen molar-refractivity contribution >= 4 is 46.5 Å². The van der Waals surface area contributed by atoms with E-state index in [1.807, 2.05) is 43.3 Å². The molecule has 0 saturated carbocycles. The number of halogens is 2. The molecule has 0 radical (unpaired) electrons. The fourth-order valence-corrected chi connectivity index (χ4v) is 3.91. The average molecular weight is 500 g/mol. The topological polar surface area (TPSA) is 92.7 Å². The zero-order valence-electron chi connectivity index (χ0n) is 18.9. The molecule has 4 aromatic rings.